The molecule has 3 rings (SSSR count). The van der Waals surface area contributed by atoms with Gasteiger partial charge in [-0.25, -0.2) is 4.79 Å². The number of carboxylic acids is 1. The lowest BCUT2D eigenvalue weighted by atomic mass is 9.98. The van der Waals surface area contributed by atoms with Gasteiger partial charge in [-0.15, -0.1) is 0 Å². The number of hydrogen-bond acceptors (Lipinski definition) is 6. The second-order valence-corrected chi connectivity index (χ2v) is 10.4. The second kappa shape index (κ2) is 14.8. The van der Waals surface area contributed by atoms with Crippen LogP contribution in [-0.2, 0) is 36.8 Å². The van der Waals surface area contributed by atoms with Gasteiger partial charge < -0.3 is 37.5 Å². The normalized spacial score (nSPS) is 14.6. The Labute approximate surface area is 243 Å². The summed E-state index contributed by atoms with van der Waals surface area (Å²) in [6, 6.07) is 11.5. The number of rotatable bonds is 15. The third-order valence-corrected chi connectivity index (χ3v) is 7.23. The molecule has 0 aliphatic heterocycles. The summed E-state index contributed by atoms with van der Waals surface area (Å²) in [6.45, 7) is 3.74. The van der Waals surface area contributed by atoms with Gasteiger partial charge >= 0.3 is 5.97 Å². The molecule has 12 nitrogen and oxygen atoms in total. The van der Waals surface area contributed by atoms with Crippen LogP contribution in [-0.4, -0.2) is 63.9 Å². The molecule has 0 bridgehead atoms. The van der Waals surface area contributed by atoms with Gasteiger partial charge in [0.05, 0.1) is 12.5 Å². The van der Waals surface area contributed by atoms with Crippen LogP contribution in [0.5, 0.6) is 0 Å². The van der Waals surface area contributed by atoms with Crippen molar-refractivity contribution >= 4 is 40.5 Å². The Balaban J connectivity index is 1.90. The van der Waals surface area contributed by atoms with Crippen molar-refractivity contribution in [3.63, 3.8) is 0 Å². The molecule has 3 aromatic rings. The van der Waals surface area contributed by atoms with E-state index in [0.717, 1.165) is 16.5 Å². The summed E-state index contributed by atoms with van der Waals surface area (Å²) < 4.78 is 0. The van der Waals surface area contributed by atoms with Crippen LogP contribution in [0.25, 0.3) is 10.9 Å². The number of para-hydroxylation sites is 1. The molecular formula is C30H38N6O6. The first-order valence-corrected chi connectivity index (χ1v) is 13.8. The van der Waals surface area contributed by atoms with E-state index >= 15 is 0 Å². The quantitative estimate of drug-likeness (QED) is 0.137. The lowest BCUT2D eigenvalue weighted by Gasteiger charge is -2.26. The molecule has 1 heterocycles. The number of carbonyl (C=O) groups is 5. The molecule has 0 radical (unpaired) electrons. The van der Waals surface area contributed by atoms with Crippen molar-refractivity contribution in [1.82, 2.24) is 20.9 Å². The number of H-pyrrole nitrogens is 1. The Morgan fingerprint density at radius 1 is 0.833 bits per heavy atom. The summed E-state index contributed by atoms with van der Waals surface area (Å²) in [5.41, 5.74) is 13.6. The van der Waals surface area contributed by atoms with Crippen LogP contribution >= 0.6 is 0 Å². The van der Waals surface area contributed by atoms with Gasteiger partial charge in [0.1, 0.15) is 18.1 Å². The molecule has 5 atom stereocenters. The summed E-state index contributed by atoms with van der Waals surface area (Å²) in [7, 11) is 0. The number of aromatic amines is 1. The smallest absolute Gasteiger partial charge is 0.326 e. The third kappa shape index (κ3) is 8.64. The molecular weight excluding hydrogens is 540 g/mol. The molecule has 0 aliphatic rings. The zero-order valence-electron chi connectivity index (χ0n) is 23.6. The molecule has 224 valence electrons. The molecule has 9 N–H and O–H groups in total. The first-order chi connectivity index (χ1) is 20.0. The fourth-order valence-electron chi connectivity index (χ4n) is 4.51. The van der Waals surface area contributed by atoms with Crippen molar-refractivity contribution in [2.75, 3.05) is 0 Å². The fraction of sp³-hybridized carbons (Fsp3) is 0.367. The number of benzene rings is 2. The Morgan fingerprint density at radius 3 is 2.02 bits per heavy atom. The van der Waals surface area contributed by atoms with Gasteiger partial charge in [-0.05, 0) is 23.1 Å². The van der Waals surface area contributed by atoms with Gasteiger partial charge in [0.25, 0.3) is 0 Å². The molecule has 5 unspecified atom stereocenters. The van der Waals surface area contributed by atoms with Crippen molar-refractivity contribution in [2.45, 2.75) is 63.7 Å². The monoisotopic (exact) mass is 578 g/mol. The predicted molar refractivity (Wildman–Crippen MR) is 157 cm³/mol. The average Bonchev–Trinajstić information content (AvgIpc) is 3.38. The lowest BCUT2D eigenvalue weighted by molar-refractivity contribution is -0.143. The van der Waals surface area contributed by atoms with Crippen molar-refractivity contribution in [3.8, 4) is 0 Å². The molecule has 12 heteroatoms. The highest BCUT2D eigenvalue weighted by molar-refractivity contribution is 5.95. The molecule has 42 heavy (non-hydrogen) atoms. The van der Waals surface area contributed by atoms with E-state index in [-0.39, 0.29) is 18.8 Å². The summed E-state index contributed by atoms with van der Waals surface area (Å²) in [4.78, 5) is 66.3. The Morgan fingerprint density at radius 2 is 1.40 bits per heavy atom. The van der Waals surface area contributed by atoms with E-state index in [1.165, 1.54) is 0 Å². The van der Waals surface area contributed by atoms with Crippen molar-refractivity contribution in [1.29, 1.82) is 0 Å². The Bertz CT molecular complexity index is 1410. The number of hydrogen-bond donors (Lipinski definition) is 7. The van der Waals surface area contributed by atoms with Crippen LogP contribution in [0.2, 0.25) is 0 Å². The number of carbonyl (C=O) groups excluding carboxylic acids is 4. The highest BCUT2D eigenvalue weighted by atomic mass is 16.4. The molecule has 4 amide bonds. The van der Waals surface area contributed by atoms with E-state index in [1.807, 2.05) is 38.1 Å². The zero-order valence-corrected chi connectivity index (χ0v) is 23.6. The molecule has 2 aromatic carbocycles. The Kier molecular flexibility index (Phi) is 11.2. The number of fused-ring (bicyclic) bond motifs is 1. The SMILES string of the molecule is CCC(C)C(N)C(=O)NC(Cc1c[nH]c2ccccc12)C(=O)NC(Cc1ccccc1)C(=O)NC(CC(N)=O)C(=O)O. The van der Waals surface area contributed by atoms with E-state index in [0.29, 0.717) is 12.0 Å². The summed E-state index contributed by atoms with van der Waals surface area (Å²) in [6.07, 6.45) is 1.89. The largest absolute Gasteiger partial charge is 0.480 e. The summed E-state index contributed by atoms with van der Waals surface area (Å²) in [5, 5.41) is 18.1. The minimum absolute atomic E-state index is 0.0153. The van der Waals surface area contributed by atoms with E-state index in [1.54, 1.807) is 36.5 Å². The molecule has 1 aromatic heterocycles. The van der Waals surface area contributed by atoms with Crippen LogP contribution in [0, 0.1) is 5.92 Å². The first kappa shape index (κ1) is 31.8. The molecule has 0 fully saturated rings. The minimum atomic E-state index is -1.58. The summed E-state index contributed by atoms with van der Waals surface area (Å²) >= 11 is 0. The van der Waals surface area contributed by atoms with Gasteiger partial charge in [-0.2, -0.15) is 0 Å². The number of carboxylic acid groups (broad SMARTS) is 1. The van der Waals surface area contributed by atoms with E-state index in [4.69, 9.17) is 11.5 Å². The maximum Gasteiger partial charge on any atom is 0.326 e. The van der Waals surface area contributed by atoms with Crippen LogP contribution in [0.15, 0.2) is 60.8 Å². The number of aliphatic carboxylic acids is 1. The van der Waals surface area contributed by atoms with Crippen molar-refractivity contribution in [3.05, 3.63) is 71.9 Å². The number of nitrogens with one attached hydrogen (secondary N) is 4. The molecule has 0 aliphatic carbocycles. The number of nitrogens with two attached hydrogens (primary N) is 2. The third-order valence-electron chi connectivity index (χ3n) is 7.23. The minimum Gasteiger partial charge on any atom is -0.480 e. The molecule has 0 spiro atoms. The summed E-state index contributed by atoms with van der Waals surface area (Å²) in [5.74, 6) is -4.50. The van der Waals surface area contributed by atoms with Gasteiger partial charge in [0.2, 0.25) is 23.6 Å². The topological polar surface area (TPSA) is 209 Å². The molecule has 0 saturated carbocycles. The van der Waals surface area contributed by atoms with E-state index in [2.05, 4.69) is 20.9 Å². The number of primary amides is 1. The highest BCUT2D eigenvalue weighted by Gasteiger charge is 2.32. The lowest BCUT2D eigenvalue weighted by Crippen LogP contribution is -2.58. The van der Waals surface area contributed by atoms with Crippen LogP contribution in [0.1, 0.15) is 37.8 Å². The van der Waals surface area contributed by atoms with Gasteiger partial charge in [0.15, 0.2) is 0 Å². The average molecular weight is 579 g/mol. The number of aromatic nitrogens is 1. The van der Waals surface area contributed by atoms with Crippen LogP contribution < -0.4 is 27.4 Å². The highest BCUT2D eigenvalue weighted by Crippen LogP contribution is 2.19. The van der Waals surface area contributed by atoms with Gasteiger partial charge in [0, 0.05) is 29.9 Å². The maximum atomic E-state index is 13.8. The van der Waals surface area contributed by atoms with E-state index < -0.39 is 60.2 Å². The fourth-order valence-corrected chi connectivity index (χ4v) is 4.51. The van der Waals surface area contributed by atoms with Crippen LogP contribution in [0.4, 0.5) is 0 Å². The maximum absolute atomic E-state index is 13.8. The number of amides is 4. The second-order valence-electron chi connectivity index (χ2n) is 10.4. The predicted octanol–water partition coefficient (Wildman–Crippen LogP) is 0.741. The van der Waals surface area contributed by atoms with E-state index in [9.17, 15) is 29.1 Å². The van der Waals surface area contributed by atoms with Crippen molar-refractivity contribution in [2.24, 2.45) is 17.4 Å². The van der Waals surface area contributed by atoms with Gasteiger partial charge in [-0.1, -0.05) is 68.8 Å². The zero-order chi connectivity index (χ0) is 30.8. The molecule has 0 saturated heterocycles. The first-order valence-electron chi connectivity index (χ1n) is 13.8. The van der Waals surface area contributed by atoms with Crippen LogP contribution in [0.3, 0.4) is 0 Å². The van der Waals surface area contributed by atoms with Gasteiger partial charge in [-0.3, -0.25) is 19.2 Å². The standard InChI is InChI=1S/C30H38N6O6/c1-3-17(2)26(32)29(40)35-23(14-19-16-33-21-12-8-7-11-20(19)21)28(39)34-22(13-18-9-5-4-6-10-18)27(38)36-24(30(41)42)15-25(31)37/h4-12,16-17,22-24,26,33H,3,13-15,32H2,1-2H3,(H2,31,37)(H,34,39)(H,35,40)(H,36,38)(H,41,42). The van der Waals surface area contributed by atoms with Crippen molar-refractivity contribution < 1.29 is 29.1 Å². The Hall–Kier alpha value is -4.71.